The summed E-state index contributed by atoms with van der Waals surface area (Å²) in [6, 6.07) is 72.6. The van der Waals surface area contributed by atoms with Crippen molar-refractivity contribution in [2.75, 3.05) is 6.54 Å². The summed E-state index contributed by atoms with van der Waals surface area (Å²) < 4.78 is 3.24. The summed E-state index contributed by atoms with van der Waals surface area (Å²) in [5, 5.41) is 13.4. The van der Waals surface area contributed by atoms with E-state index in [9.17, 15) is 0 Å². The highest BCUT2D eigenvalue weighted by atomic mass is 31.2. The van der Waals surface area contributed by atoms with Crippen LogP contribution in [-0.2, 0) is 6.42 Å². The summed E-state index contributed by atoms with van der Waals surface area (Å²) in [4.78, 5) is 0. The molecule has 0 aliphatic rings. The Labute approximate surface area is 546 Å². The highest BCUT2D eigenvalue weighted by molar-refractivity contribution is 7.84. The molecule has 0 aromatic heterocycles. The lowest BCUT2D eigenvalue weighted by Crippen LogP contribution is -2.49. The molecule has 484 valence electrons. The molecule has 0 bridgehead atoms. The molecule has 0 amide bonds. The minimum atomic E-state index is -1.86. The second-order valence-corrected chi connectivity index (χ2v) is 50.7. The van der Waals surface area contributed by atoms with Gasteiger partial charge in [-0.2, -0.15) is 0 Å². The van der Waals surface area contributed by atoms with Gasteiger partial charge in [-0.3, -0.25) is 0 Å². The monoisotopic (exact) mass is 1280 g/mol. The van der Waals surface area contributed by atoms with Gasteiger partial charge in [-0.15, -0.1) is 0 Å². The van der Waals surface area contributed by atoms with E-state index in [4.69, 9.17) is 0 Å². The Morgan fingerprint density at radius 2 is 0.506 bits per heavy atom. The van der Waals surface area contributed by atoms with E-state index >= 15 is 0 Å². The van der Waals surface area contributed by atoms with Crippen LogP contribution in [0.2, 0.25) is 72.5 Å². The first-order valence-corrected chi connectivity index (χ1v) is 50.5. The van der Waals surface area contributed by atoms with Crippen LogP contribution < -0.4 is 42.0 Å². The molecule has 87 heavy (non-hydrogen) atoms. The molecular weight excluding hydrogens is 1150 g/mol. The average Bonchev–Trinajstić information content (AvgIpc) is 3.62. The molecule has 1 nitrogen and oxygen atoms in total. The first-order chi connectivity index (χ1) is 42.5. The Bertz CT molecular complexity index is 2310. The Morgan fingerprint density at radius 1 is 0.253 bits per heavy atom. The topological polar surface area (TPSA) is 3.24 Å². The molecule has 0 heterocycles. The largest absolute Gasteiger partial charge is 0.244 e. The van der Waals surface area contributed by atoms with E-state index < -0.39 is 48.4 Å². The third-order valence-corrected chi connectivity index (χ3v) is 48.3. The van der Waals surface area contributed by atoms with Crippen LogP contribution in [0, 0.1) is 0 Å². The summed E-state index contributed by atoms with van der Waals surface area (Å²) in [5.41, 5.74) is 1.47. The fourth-order valence-corrected chi connectivity index (χ4v) is 44.0. The lowest BCUT2D eigenvalue weighted by molar-refractivity contribution is 0.706. The van der Waals surface area contributed by atoms with Crippen molar-refractivity contribution in [2.45, 2.75) is 316 Å². The summed E-state index contributed by atoms with van der Waals surface area (Å²) in [6.45, 7) is 30.3. The Morgan fingerprint density at radius 3 is 0.770 bits per heavy atom. The Balaban J connectivity index is 1.99. The van der Waals surface area contributed by atoms with Crippen molar-refractivity contribution in [1.29, 1.82) is 0 Å². The van der Waals surface area contributed by atoms with Crippen LogP contribution in [0.1, 0.15) is 243 Å². The van der Waals surface area contributed by atoms with Gasteiger partial charge in [-0.25, -0.2) is 4.44 Å². The van der Waals surface area contributed by atoms with Crippen molar-refractivity contribution >= 4 is 90.4 Å². The number of rotatable bonds is 49. The van der Waals surface area contributed by atoms with E-state index in [0.717, 1.165) is 13.0 Å². The summed E-state index contributed by atoms with van der Waals surface area (Å²) in [7, 11) is -9.16. The molecule has 0 saturated heterocycles. The number of hydrogen-bond acceptors (Lipinski definition) is 1. The predicted octanol–water partition coefficient (Wildman–Crippen LogP) is 22.9. The molecule has 0 radical (unpaired) electrons. The molecule has 5 aromatic carbocycles. The quantitative estimate of drug-likeness (QED) is 0.0277. The van der Waals surface area contributed by atoms with Crippen molar-refractivity contribution in [3.05, 3.63) is 133 Å². The van der Waals surface area contributed by atoms with Gasteiger partial charge in [0.1, 0.15) is 0 Å². The standard InChI is InChI=1S/C80H133NP2Si4/c1-13-25-58-84(59-26-14-2,60-27-15-3)77-52-48-73(49-53-77)82(74-50-54-78(55-51-74)85(61-28-16-4,62-29-17-5)63-30-18-6)81(57-56-72-42-38-37-39-43-72)83(75-44-40-46-79(70-75)86(64-31-19-7,65-32-20-8)66-33-21-9)76-45-41-47-80(71-76)87(67-34-22-10,68-35-23-11)69-36-24-12/h37-55,70-71H,13-36,56-69H2,1-12H3. The zero-order valence-electron chi connectivity index (χ0n) is 58.8. The second kappa shape index (κ2) is 42.1. The van der Waals surface area contributed by atoms with Gasteiger partial charge in [0.05, 0.1) is 32.3 Å². The highest BCUT2D eigenvalue weighted by Gasteiger charge is 2.40. The SMILES string of the molecule is CCCC[Si](CCCC)(CCCC)c1ccc(P(c2ccc([Si](CCCC)(CCCC)CCCC)cc2)N(CCc2ccccc2)P(c2cccc([Si](CCCC)(CCCC)CCCC)c2)c2cccc([Si](CCCC)(CCCC)CCCC)c2)cc1. The van der Waals surface area contributed by atoms with Crippen molar-refractivity contribution in [2.24, 2.45) is 0 Å². The Kier molecular flexibility index (Phi) is 36.5. The van der Waals surface area contributed by atoms with Gasteiger partial charge in [0, 0.05) is 22.7 Å². The van der Waals surface area contributed by atoms with Crippen LogP contribution in [0.4, 0.5) is 0 Å². The number of nitrogens with zero attached hydrogens (tertiary/aromatic N) is 1. The Hall–Kier alpha value is -2.21. The second-order valence-electron chi connectivity index (χ2n) is 27.5. The zero-order chi connectivity index (χ0) is 62.6. The third-order valence-electron chi connectivity index (χ3n) is 20.9. The maximum atomic E-state index is 3.24. The molecule has 0 aliphatic carbocycles. The molecule has 5 rings (SSSR count). The fraction of sp³-hybridized carbons (Fsp3) is 0.625. The first kappa shape index (κ1) is 75.5. The minimum Gasteiger partial charge on any atom is -0.244 e. The van der Waals surface area contributed by atoms with Gasteiger partial charge in [0.15, 0.2) is 0 Å². The molecular formula is C80H133NP2Si4. The highest BCUT2D eigenvalue weighted by Crippen LogP contribution is 2.55. The minimum absolute atomic E-state index is 0.975. The summed E-state index contributed by atoms with van der Waals surface area (Å²) in [6.07, 6.45) is 33.0. The lowest BCUT2D eigenvalue weighted by Gasteiger charge is -2.41. The number of hydrogen-bond donors (Lipinski definition) is 0. The van der Waals surface area contributed by atoms with Gasteiger partial charge in [-0.05, 0) is 33.2 Å². The fourth-order valence-electron chi connectivity index (χ4n) is 15.3. The molecule has 0 atom stereocenters. The molecule has 0 saturated carbocycles. The predicted molar refractivity (Wildman–Crippen MR) is 413 cm³/mol. The normalized spacial score (nSPS) is 12.6. The van der Waals surface area contributed by atoms with Gasteiger partial charge < -0.3 is 0 Å². The van der Waals surface area contributed by atoms with Crippen LogP contribution in [0.15, 0.2) is 127 Å². The van der Waals surface area contributed by atoms with Gasteiger partial charge in [0.2, 0.25) is 0 Å². The van der Waals surface area contributed by atoms with Crippen LogP contribution in [0.5, 0.6) is 0 Å². The van der Waals surface area contributed by atoms with Crippen LogP contribution in [0.25, 0.3) is 0 Å². The lowest BCUT2D eigenvalue weighted by atomic mass is 10.2. The molecule has 0 unspecified atom stereocenters. The third kappa shape index (κ3) is 22.2. The molecule has 0 spiro atoms. The van der Waals surface area contributed by atoms with Crippen LogP contribution >= 0.6 is 16.1 Å². The van der Waals surface area contributed by atoms with Gasteiger partial charge in [-0.1, -0.05) is 458 Å². The van der Waals surface area contributed by atoms with Crippen molar-refractivity contribution in [3.8, 4) is 0 Å². The van der Waals surface area contributed by atoms with Crippen molar-refractivity contribution < 1.29 is 0 Å². The molecule has 7 heteroatoms. The summed E-state index contributed by atoms with van der Waals surface area (Å²) in [5.74, 6) is 0. The molecule has 0 fully saturated rings. The van der Waals surface area contributed by atoms with Gasteiger partial charge >= 0.3 is 0 Å². The average molecular weight is 1280 g/mol. The van der Waals surface area contributed by atoms with E-state index in [2.05, 4.69) is 215 Å². The maximum absolute atomic E-state index is 3.24. The number of benzene rings is 5. The van der Waals surface area contributed by atoms with Crippen LogP contribution in [0.3, 0.4) is 0 Å². The molecule has 0 N–H and O–H groups in total. The zero-order valence-corrected chi connectivity index (χ0v) is 64.6. The smallest absolute Gasteiger partial charge is 0.0867 e. The van der Waals surface area contributed by atoms with E-state index in [1.807, 2.05) is 0 Å². The van der Waals surface area contributed by atoms with E-state index in [0.29, 0.717) is 0 Å². The first-order valence-electron chi connectivity index (χ1n) is 37.4. The summed E-state index contributed by atoms with van der Waals surface area (Å²) >= 11 is 0. The number of unbranched alkanes of at least 4 members (excludes halogenated alkanes) is 12. The van der Waals surface area contributed by atoms with Crippen molar-refractivity contribution in [3.63, 3.8) is 0 Å². The van der Waals surface area contributed by atoms with E-state index in [1.165, 1.54) is 232 Å². The van der Waals surface area contributed by atoms with E-state index in [1.54, 1.807) is 42.0 Å². The molecule has 0 aliphatic heterocycles. The maximum Gasteiger partial charge on any atom is 0.0867 e. The molecule has 5 aromatic rings. The van der Waals surface area contributed by atoms with E-state index in [-0.39, 0.29) is 0 Å². The van der Waals surface area contributed by atoms with Crippen LogP contribution in [-0.4, -0.2) is 43.3 Å². The van der Waals surface area contributed by atoms with Crippen molar-refractivity contribution in [1.82, 2.24) is 4.44 Å². The van der Waals surface area contributed by atoms with Gasteiger partial charge in [0.25, 0.3) is 0 Å².